The fraction of sp³-hybridized carbons (Fsp3) is 0.526. The Morgan fingerprint density at radius 1 is 1.24 bits per heavy atom. The molecule has 2 amide bonds. The largest absolute Gasteiger partial charge is 0.481 e. The third-order valence-electron chi connectivity index (χ3n) is 5.50. The number of likely N-dealkylation sites (tertiary alicyclic amines) is 1. The van der Waals surface area contributed by atoms with Gasteiger partial charge in [0.15, 0.2) is 0 Å². The van der Waals surface area contributed by atoms with Gasteiger partial charge in [0.1, 0.15) is 0 Å². The summed E-state index contributed by atoms with van der Waals surface area (Å²) in [6.45, 7) is 3.03. The third kappa shape index (κ3) is 3.67. The predicted molar refractivity (Wildman–Crippen MR) is 91.9 cm³/mol. The van der Waals surface area contributed by atoms with Gasteiger partial charge in [0, 0.05) is 25.9 Å². The lowest BCUT2D eigenvalue weighted by Crippen LogP contribution is -2.56. The Balaban J connectivity index is 1.54. The second-order valence-corrected chi connectivity index (χ2v) is 7.17. The van der Waals surface area contributed by atoms with Gasteiger partial charge in [-0.05, 0) is 31.7 Å². The predicted octanol–water partition coefficient (Wildman–Crippen LogP) is 1.51. The average molecular weight is 344 g/mol. The molecule has 0 aromatic heterocycles. The van der Waals surface area contributed by atoms with Gasteiger partial charge in [0.25, 0.3) is 0 Å². The minimum absolute atomic E-state index is 0.0384. The second kappa shape index (κ2) is 6.86. The highest BCUT2D eigenvalue weighted by Gasteiger charge is 2.51. The summed E-state index contributed by atoms with van der Waals surface area (Å²) in [5.41, 5.74) is 1.65. The Bertz CT molecular complexity index is 675. The minimum Gasteiger partial charge on any atom is -0.481 e. The van der Waals surface area contributed by atoms with E-state index in [0.717, 1.165) is 5.56 Å². The molecule has 6 heteroatoms. The van der Waals surface area contributed by atoms with E-state index >= 15 is 0 Å². The van der Waals surface area contributed by atoms with Crippen molar-refractivity contribution in [1.82, 2.24) is 10.2 Å². The topological polar surface area (TPSA) is 86.7 Å². The molecule has 0 bridgehead atoms. The van der Waals surface area contributed by atoms with Crippen molar-refractivity contribution in [2.75, 3.05) is 13.1 Å². The van der Waals surface area contributed by atoms with Gasteiger partial charge in [0.2, 0.25) is 11.8 Å². The Kier molecular flexibility index (Phi) is 4.79. The van der Waals surface area contributed by atoms with Gasteiger partial charge >= 0.3 is 5.97 Å². The van der Waals surface area contributed by atoms with Gasteiger partial charge in [-0.2, -0.15) is 0 Å². The molecule has 1 atom stereocenters. The number of carboxylic acid groups (broad SMARTS) is 1. The number of aryl methyl sites for hydroxylation is 2. The van der Waals surface area contributed by atoms with Gasteiger partial charge in [-0.1, -0.05) is 29.8 Å². The lowest BCUT2D eigenvalue weighted by atomic mass is 9.77. The highest BCUT2D eigenvalue weighted by atomic mass is 16.4. The summed E-state index contributed by atoms with van der Waals surface area (Å²) in [7, 11) is 0. The SMILES string of the molecule is Cc1ccc(CCC(=O)N2CCC3(CC2)NC(=O)C[C@@H]3C(=O)O)cc1. The summed E-state index contributed by atoms with van der Waals surface area (Å²) >= 11 is 0. The van der Waals surface area contributed by atoms with Crippen LogP contribution in [0.1, 0.15) is 36.8 Å². The van der Waals surface area contributed by atoms with Crippen molar-refractivity contribution in [3.63, 3.8) is 0 Å². The lowest BCUT2D eigenvalue weighted by Gasteiger charge is -2.41. The van der Waals surface area contributed by atoms with Crippen LogP contribution < -0.4 is 5.32 Å². The number of benzene rings is 1. The van der Waals surface area contributed by atoms with Crippen molar-refractivity contribution >= 4 is 17.8 Å². The van der Waals surface area contributed by atoms with E-state index in [-0.39, 0.29) is 18.2 Å². The molecule has 25 heavy (non-hydrogen) atoms. The van der Waals surface area contributed by atoms with Crippen LogP contribution in [-0.2, 0) is 20.8 Å². The monoisotopic (exact) mass is 344 g/mol. The zero-order valence-corrected chi connectivity index (χ0v) is 14.5. The standard InChI is InChI=1S/C19H24N2O4/c1-13-2-4-14(5-3-13)6-7-17(23)21-10-8-19(9-11-21)15(18(24)25)12-16(22)20-19/h2-5,15H,6-12H2,1H3,(H,20,22)(H,24,25)/t15-/m1/s1. The van der Waals surface area contributed by atoms with E-state index in [1.165, 1.54) is 5.56 Å². The molecule has 6 nitrogen and oxygen atoms in total. The molecule has 0 saturated carbocycles. The number of hydrogen-bond acceptors (Lipinski definition) is 3. The first-order chi connectivity index (χ1) is 11.9. The molecule has 3 rings (SSSR count). The third-order valence-corrected chi connectivity index (χ3v) is 5.50. The van der Waals surface area contributed by atoms with Crippen LogP contribution in [0.3, 0.4) is 0 Å². The normalized spacial score (nSPS) is 22.0. The molecule has 1 aromatic carbocycles. The van der Waals surface area contributed by atoms with Crippen LogP contribution in [-0.4, -0.2) is 46.4 Å². The number of piperidine rings is 1. The van der Waals surface area contributed by atoms with Gasteiger partial charge < -0.3 is 15.3 Å². The average Bonchev–Trinajstić information content (AvgIpc) is 2.91. The molecular weight excluding hydrogens is 320 g/mol. The summed E-state index contributed by atoms with van der Waals surface area (Å²) in [6.07, 6.45) is 2.20. The van der Waals surface area contributed by atoms with Crippen LogP contribution >= 0.6 is 0 Å². The van der Waals surface area contributed by atoms with Crippen molar-refractivity contribution in [1.29, 1.82) is 0 Å². The van der Waals surface area contributed by atoms with E-state index in [1.54, 1.807) is 4.90 Å². The molecular formula is C19H24N2O4. The fourth-order valence-electron chi connectivity index (χ4n) is 3.91. The highest BCUT2D eigenvalue weighted by molar-refractivity contribution is 5.88. The molecule has 2 fully saturated rings. The van der Waals surface area contributed by atoms with E-state index in [9.17, 15) is 19.5 Å². The van der Waals surface area contributed by atoms with Gasteiger partial charge in [-0.15, -0.1) is 0 Å². The quantitative estimate of drug-likeness (QED) is 0.867. The molecule has 0 aliphatic carbocycles. The summed E-state index contributed by atoms with van der Waals surface area (Å²) < 4.78 is 0. The van der Waals surface area contributed by atoms with E-state index in [0.29, 0.717) is 38.8 Å². The summed E-state index contributed by atoms with van der Waals surface area (Å²) in [5, 5.41) is 12.2. The molecule has 2 N–H and O–H groups in total. The van der Waals surface area contributed by atoms with E-state index < -0.39 is 17.4 Å². The van der Waals surface area contributed by atoms with Crippen LogP contribution in [0.2, 0.25) is 0 Å². The maximum Gasteiger partial charge on any atom is 0.309 e. The zero-order chi connectivity index (χ0) is 18.0. The van der Waals surface area contributed by atoms with Crippen LogP contribution in [0.15, 0.2) is 24.3 Å². The van der Waals surface area contributed by atoms with Gasteiger partial charge in [0.05, 0.1) is 11.5 Å². The fourth-order valence-corrected chi connectivity index (χ4v) is 3.91. The lowest BCUT2D eigenvalue weighted by molar-refractivity contribution is -0.145. The van der Waals surface area contributed by atoms with Crippen molar-refractivity contribution in [2.45, 2.75) is 44.6 Å². The first-order valence-corrected chi connectivity index (χ1v) is 8.77. The van der Waals surface area contributed by atoms with Crippen LogP contribution in [0, 0.1) is 12.8 Å². The number of hydrogen-bond donors (Lipinski definition) is 2. The van der Waals surface area contributed by atoms with E-state index in [1.807, 2.05) is 31.2 Å². The van der Waals surface area contributed by atoms with Crippen molar-refractivity contribution in [3.8, 4) is 0 Å². The van der Waals surface area contributed by atoms with Crippen LogP contribution in [0.4, 0.5) is 0 Å². The molecule has 1 aromatic rings. The maximum absolute atomic E-state index is 12.4. The number of aliphatic carboxylic acids is 1. The molecule has 1 spiro atoms. The molecule has 0 radical (unpaired) electrons. The summed E-state index contributed by atoms with van der Waals surface area (Å²) in [4.78, 5) is 37.4. The van der Waals surface area contributed by atoms with Crippen molar-refractivity contribution in [2.24, 2.45) is 5.92 Å². The number of rotatable bonds is 4. The molecule has 2 aliphatic rings. The summed E-state index contributed by atoms with van der Waals surface area (Å²) in [6, 6.07) is 8.16. The van der Waals surface area contributed by atoms with Gasteiger partial charge in [-0.25, -0.2) is 0 Å². The zero-order valence-electron chi connectivity index (χ0n) is 14.5. The van der Waals surface area contributed by atoms with Crippen LogP contribution in [0.5, 0.6) is 0 Å². The molecule has 2 heterocycles. The molecule has 2 saturated heterocycles. The Hall–Kier alpha value is -2.37. The minimum atomic E-state index is -0.933. The van der Waals surface area contributed by atoms with E-state index in [2.05, 4.69) is 5.32 Å². The van der Waals surface area contributed by atoms with Gasteiger partial charge in [-0.3, -0.25) is 14.4 Å². The number of carbonyl (C=O) groups excluding carboxylic acids is 2. The Morgan fingerprint density at radius 2 is 1.88 bits per heavy atom. The second-order valence-electron chi connectivity index (χ2n) is 7.17. The summed E-state index contributed by atoms with van der Waals surface area (Å²) in [5.74, 6) is -1.74. The first-order valence-electron chi connectivity index (χ1n) is 8.77. The smallest absolute Gasteiger partial charge is 0.309 e. The molecule has 2 aliphatic heterocycles. The number of nitrogens with one attached hydrogen (secondary N) is 1. The Labute approximate surface area is 147 Å². The molecule has 134 valence electrons. The van der Waals surface area contributed by atoms with E-state index in [4.69, 9.17) is 0 Å². The number of amides is 2. The van der Waals surface area contributed by atoms with Crippen LogP contribution in [0.25, 0.3) is 0 Å². The maximum atomic E-state index is 12.4. The molecule has 0 unspecified atom stereocenters. The Morgan fingerprint density at radius 3 is 2.48 bits per heavy atom. The van der Waals surface area contributed by atoms with Crippen molar-refractivity contribution < 1.29 is 19.5 Å². The highest BCUT2D eigenvalue weighted by Crippen LogP contribution is 2.37. The number of carbonyl (C=O) groups is 3. The number of nitrogens with zero attached hydrogens (tertiary/aromatic N) is 1. The first kappa shape index (κ1) is 17.5. The van der Waals surface area contributed by atoms with Crippen molar-refractivity contribution in [3.05, 3.63) is 35.4 Å². The number of carboxylic acids is 1.